The minimum absolute atomic E-state index is 0.187. The smallest absolute Gasteiger partial charge is 0.276 e. The summed E-state index contributed by atoms with van der Waals surface area (Å²) >= 11 is 0. The number of likely N-dealkylation sites (tertiary alicyclic amines) is 1. The van der Waals surface area contributed by atoms with Crippen LogP contribution < -0.4 is 14.8 Å². The maximum atomic E-state index is 13.3. The Morgan fingerprint density at radius 1 is 1.18 bits per heavy atom. The molecule has 39 heavy (non-hydrogen) atoms. The van der Waals surface area contributed by atoms with Gasteiger partial charge in [-0.25, -0.2) is 0 Å². The zero-order chi connectivity index (χ0) is 27.4. The molecule has 12 heteroatoms. The van der Waals surface area contributed by atoms with Gasteiger partial charge in [-0.2, -0.15) is 15.4 Å². The molecule has 204 valence electrons. The predicted octanol–water partition coefficient (Wildman–Crippen LogP) is 2.00. The standard InChI is InChI=1S/C27H30N6O6/c1-3-37-20-10-18-11-21(12-20)39-19-6-4-5-17(9-19)16-38-24-7-8-33(27(36)22-13-28-31-30-22)14-23(24)29-25(34)15-32(2)26(18)35/h4-6,9-13,23-24H,3,7-8,14-16H2,1-2H3,(H,29,34)(H,28,30,31)/t23-,24+/m0/s1. The average Bonchev–Trinajstić information content (AvgIpc) is 3.46. The molecular formula is C27H30N6O6. The van der Waals surface area contributed by atoms with E-state index in [0.717, 1.165) is 5.56 Å². The summed E-state index contributed by atoms with van der Waals surface area (Å²) in [7, 11) is 1.55. The lowest BCUT2D eigenvalue weighted by Gasteiger charge is -2.38. The van der Waals surface area contributed by atoms with Crippen LogP contribution in [0.5, 0.6) is 17.2 Å². The molecule has 3 aromatic rings. The lowest BCUT2D eigenvalue weighted by atomic mass is 10.0. The first-order chi connectivity index (χ1) is 18.9. The summed E-state index contributed by atoms with van der Waals surface area (Å²) in [6.07, 6.45) is 1.52. The first-order valence-electron chi connectivity index (χ1n) is 12.8. The van der Waals surface area contributed by atoms with Crippen molar-refractivity contribution in [1.82, 2.24) is 30.5 Å². The van der Waals surface area contributed by atoms with Gasteiger partial charge in [-0.05, 0) is 43.2 Å². The molecule has 1 aromatic heterocycles. The van der Waals surface area contributed by atoms with Crippen molar-refractivity contribution in [2.45, 2.75) is 32.1 Å². The number of nitrogens with zero attached hydrogens (tertiary/aromatic N) is 4. The van der Waals surface area contributed by atoms with Gasteiger partial charge in [-0.3, -0.25) is 14.4 Å². The van der Waals surface area contributed by atoms with Gasteiger partial charge in [0, 0.05) is 31.8 Å². The number of H-pyrrole nitrogens is 1. The summed E-state index contributed by atoms with van der Waals surface area (Å²) in [6.45, 7) is 3.03. The van der Waals surface area contributed by atoms with E-state index < -0.39 is 6.04 Å². The fourth-order valence-corrected chi connectivity index (χ4v) is 4.72. The molecule has 0 aliphatic carbocycles. The van der Waals surface area contributed by atoms with Gasteiger partial charge in [-0.15, -0.1) is 0 Å². The molecule has 2 aromatic carbocycles. The highest BCUT2D eigenvalue weighted by atomic mass is 16.5. The zero-order valence-corrected chi connectivity index (χ0v) is 21.8. The number of aromatic nitrogens is 3. The number of hydrogen-bond donors (Lipinski definition) is 2. The quantitative estimate of drug-likeness (QED) is 0.520. The lowest BCUT2D eigenvalue weighted by molar-refractivity contribution is -0.124. The van der Waals surface area contributed by atoms with Gasteiger partial charge in [0.25, 0.3) is 11.8 Å². The summed E-state index contributed by atoms with van der Waals surface area (Å²) in [5, 5.41) is 13.0. The van der Waals surface area contributed by atoms with E-state index in [1.54, 1.807) is 30.1 Å². The van der Waals surface area contributed by atoms with Crippen LogP contribution in [0.15, 0.2) is 48.7 Å². The molecule has 4 bridgehead atoms. The third-order valence-electron chi connectivity index (χ3n) is 6.58. The SMILES string of the molecule is CCOc1cc2cc(c1)C(=O)N(C)CC(=O)N[C@H]1CN(C(=O)c3cn[nH]n3)CC[C@H]1OCc1cccc(c1)O2. The highest BCUT2D eigenvalue weighted by Gasteiger charge is 2.34. The second-order valence-corrected chi connectivity index (χ2v) is 9.46. The van der Waals surface area contributed by atoms with Gasteiger partial charge in [0.15, 0.2) is 5.69 Å². The molecular weight excluding hydrogens is 504 g/mol. The highest BCUT2D eigenvalue weighted by molar-refractivity contribution is 5.97. The fraction of sp³-hybridized carbons (Fsp3) is 0.370. The number of benzene rings is 2. The minimum atomic E-state index is -0.495. The van der Waals surface area contributed by atoms with Crippen molar-refractivity contribution in [2.24, 2.45) is 0 Å². The first kappa shape index (κ1) is 26.2. The van der Waals surface area contributed by atoms with Crippen molar-refractivity contribution >= 4 is 17.7 Å². The van der Waals surface area contributed by atoms with E-state index in [1.807, 2.05) is 31.2 Å². The molecule has 0 unspecified atom stereocenters. The van der Waals surface area contributed by atoms with Crippen molar-refractivity contribution in [3.63, 3.8) is 0 Å². The number of piperidine rings is 1. The van der Waals surface area contributed by atoms with Gasteiger partial charge in [-0.1, -0.05) is 12.1 Å². The van der Waals surface area contributed by atoms with Gasteiger partial charge < -0.3 is 29.3 Å². The first-order valence-corrected chi connectivity index (χ1v) is 12.8. The molecule has 0 spiro atoms. The second kappa shape index (κ2) is 11.5. The van der Waals surface area contributed by atoms with Crippen molar-refractivity contribution < 1.29 is 28.6 Å². The Labute approximate surface area is 225 Å². The van der Waals surface area contributed by atoms with Crippen LogP contribution in [0.4, 0.5) is 0 Å². The topological polar surface area (TPSA) is 139 Å². The van der Waals surface area contributed by atoms with Crippen LogP contribution in [-0.2, 0) is 16.1 Å². The van der Waals surface area contributed by atoms with Crippen LogP contribution in [-0.4, -0.2) is 88.4 Å². The van der Waals surface area contributed by atoms with Crippen molar-refractivity contribution in [3.8, 4) is 17.2 Å². The Kier molecular flexibility index (Phi) is 7.73. The average molecular weight is 535 g/mol. The van der Waals surface area contributed by atoms with Crippen LogP contribution in [0.3, 0.4) is 0 Å². The summed E-state index contributed by atoms with van der Waals surface area (Å²) in [6, 6.07) is 12.0. The lowest BCUT2D eigenvalue weighted by Crippen LogP contribution is -2.58. The van der Waals surface area contributed by atoms with Crippen LogP contribution in [0.2, 0.25) is 0 Å². The highest BCUT2D eigenvalue weighted by Crippen LogP contribution is 2.29. The number of aromatic amines is 1. The summed E-state index contributed by atoms with van der Waals surface area (Å²) in [4.78, 5) is 42.2. The second-order valence-electron chi connectivity index (χ2n) is 9.46. The summed E-state index contributed by atoms with van der Waals surface area (Å²) in [5.74, 6) is 0.492. The molecule has 2 aliphatic heterocycles. The molecule has 12 nitrogen and oxygen atoms in total. The molecule has 2 N–H and O–H groups in total. The molecule has 2 atom stereocenters. The number of ether oxygens (including phenoxy) is 3. The Bertz CT molecular complexity index is 1350. The van der Waals surface area contributed by atoms with E-state index >= 15 is 0 Å². The molecule has 0 radical (unpaired) electrons. The van der Waals surface area contributed by atoms with E-state index in [0.29, 0.717) is 42.4 Å². The Hall–Kier alpha value is -4.45. The number of hydrogen-bond acceptors (Lipinski definition) is 8. The van der Waals surface area contributed by atoms with Crippen LogP contribution >= 0.6 is 0 Å². The Balaban J connectivity index is 1.43. The fourth-order valence-electron chi connectivity index (χ4n) is 4.72. The molecule has 0 saturated carbocycles. The van der Waals surface area contributed by atoms with Crippen LogP contribution in [0.1, 0.15) is 39.8 Å². The largest absolute Gasteiger partial charge is 0.494 e. The molecule has 5 rings (SSSR count). The zero-order valence-electron chi connectivity index (χ0n) is 21.8. The monoisotopic (exact) mass is 534 g/mol. The molecule has 2 aliphatic rings. The van der Waals surface area contributed by atoms with E-state index in [2.05, 4.69) is 20.7 Å². The number of carbonyl (C=O) groups is 3. The van der Waals surface area contributed by atoms with Crippen molar-refractivity contribution in [1.29, 1.82) is 0 Å². The van der Waals surface area contributed by atoms with Gasteiger partial charge in [0.05, 0.1) is 38.1 Å². The van der Waals surface area contributed by atoms with Crippen molar-refractivity contribution in [3.05, 3.63) is 65.5 Å². The van der Waals surface area contributed by atoms with Crippen LogP contribution in [0, 0.1) is 0 Å². The number of likely N-dealkylation sites (N-methyl/N-ethyl adjacent to an activating group) is 1. The normalized spacial score (nSPS) is 20.1. The Morgan fingerprint density at radius 2 is 2.05 bits per heavy atom. The number of nitrogens with one attached hydrogen (secondary N) is 2. The summed E-state index contributed by atoms with van der Waals surface area (Å²) in [5.41, 5.74) is 1.41. The van der Waals surface area contributed by atoms with E-state index in [1.165, 1.54) is 11.1 Å². The molecule has 3 amide bonds. The number of fused-ring (bicyclic) bond motifs is 5. The van der Waals surface area contributed by atoms with Gasteiger partial charge in [0.1, 0.15) is 17.2 Å². The Morgan fingerprint density at radius 3 is 2.85 bits per heavy atom. The van der Waals surface area contributed by atoms with E-state index in [4.69, 9.17) is 14.2 Å². The van der Waals surface area contributed by atoms with Gasteiger partial charge in [0.2, 0.25) is 5.91 Å². The number of amides is 3. The summed E-state index contributed by atoms with van der Waals surface area (Å²) < 4.78 is 18.0. The number of carbonyl (C=O) groups excluding carboxylic acids is 3. The van der Waals surface area contributed by atoms with E-state index in [9.17, 15) is 14.4 Å². The third kappa shape index (κ3) is 6.17. The molecule has 1 saturated heterocycles. The van der Waals surface area contributed by atoms with E-state index in [-0.39, 0.29) is 49.2 Å². The minimum Gasteiger partial charge on any atom is -0.494 e. The van der Waals surface area contributed by atoms with Crippen molar-refractivity contribution in [2.75, 3.05) is 33.3 Å². The molecule has 3 heterocycles. The molecule has 1 fully saturated rings. The van der Waals surface area contributed by atoms with Gasteiger partial charge >= 0.3 is 0 Å². The predicted molar refractivity (Wildman–Crippen MR) is 138 cm³/mol. The number of rotatable bonds is 3. The van der Waals surface area contributed by atoms with Crippen LogP contribution in [0.25, 0.3) is 0 Å². The third-order valence-corrected chi connectivity index (χ3v) is 6.58. The maximum absolute atomic E-state index is 13.3. The maximum Gasteiger partial charge on any atom is 0.276 e.